The van der Waals surface area contributed by atoms with Crippen LogP contribution in [0.1, 0.15) is 65.8 Å². The Morgan fingerprint density at radius 3 is 2.48 bits per heavy atom. The number of amides is 1. The first kappa shape index (κ1) is 25.0. The summed E-state index contributed by atoms with van der Waals surface area (Å²) in [4.78, 5) is 25.4. The normalized spacial score (nSPS) is 17.0. The van der Waals surface area contributed by atoms with Gasteiger partial charge in [-0.15, -0.1) is 11.3 Å². The highest BCUT2D eigenvalue weighted by atomic mass is 32.1. The number of carbonyl (C=O) groups is 2. The van der Waals surface area contributed by atoms with Gasteiger partial charge in [-0.25, -0.2) is 4.39 Å². The number of Topliss-reactive ketones (excluding diaryl/α,β-unsaturated/α-hetero) is 1. The lowest BCUT2D eigenvalue weighted by molar-refractivity contribution is -0.137. The van der Waals surface area contributed by atoms with E-state index in [-0.39, 0.29) is 30.0 Å². The second-order valence-corrected chi connectivity index (χ2v) is 8.61. The molecule has 0 spiro atoms. The molecule has 1 amide bonds. The number of benzene rings is 1. The molecule has 1 aliphatic rings. The molecule has 1 fully saturated rings. The predicted molar refractivity (Wildman–Crippen MR) is 122 cm³/mol. The van der Waals surface area contributed by atoms with Crippen LogP contribution in [0, 0.1) is 19.7 Å². The highest BCUT2D eigenvalue weighted by molar-refractivity contribution is 7.18. The van der Waals surface area contributed by atoms with E-state index >= 15 is 0 Å². The van der Waals surface area contributed by atoms with E-state index in [9.17, 15) is 14.0 Å². The summed E-state index contributed by atoms with van der Waals surface area (Å²) in [5, 5.41) is 6.25. The predicted octanol–water partition coefficient (Wildman–Crippen LogP) is 5.36. The Kier molecular flexibility index (Phi) is 8.34. The van der Waals surface area contributed by atoms with Gasteiger partial charge in [0.25, 0.3) is 5.91 Å². The fourth-order valence-electron chi connectivity index (χ4n) is 3.21. The minimum atomic E-state index is -0.675. The third-order valence-corrected chi connectivity index (χ3v) is 5.93. The molecule has 2 aromatic rings. The first-order chi connectivity index (χ1) is 14.6. The minimum Gasteiger partial charge on any atom is -0.349 e. The van der Waals surface area contributed by atoms with E-state index in [2.05, 4.69) is 10.6 Å². The zero-order valence-corrected chi connectivity index (χ0v) is 20.0. The molecule has 31 heavy (non-hydrogen) atoms. The number of carbonyl (C=O) groups excluding carboxylic acids is 2. The third-order valence-electron chi connectivity index (χ3n) is 4.62. The second kappa shape index (κ2) is 10.3. The number of ketones is 1. The number of halogens is 1. The van der Waals surface area contributed by atoms with Gasteiger partial charge in [-0.05, 0) is 57.9 Å². The van der Waals surface area contributed by atoms with E-state index in [4.69, 9.17) is 9.47 Å². The fraction of sp³-hybridized carbons (Fsp3) is 0.478. The molecule has 170 valence electrons. The smallest absolute Gasteiger partial charge is 0.254 e. The van der Waals surface area contributed by atoms with Gasteiger partial charge in [0.2, 0.25) is 0 Å². The van der Waals surface area contributed by atoms with Crippen molar-refractivity contribution in [3.8, 4) is 0 Å². The van der Waals surface area contributed by atoms with Crippen LogP contribution >= 0.6 is 11.3 Å². The van der Waals surface area contributed by atoms with E-state index in [0.29, 0.717) is 27.6 Å². The van der Waals surface area contributed by atoms with Crippen molar-refractivity contribution in [1.82, 2.24) is 5.32 Å². The highest BCUT2D eigenvalue weighted by Gasteiger charge is 2.33. The van der Waals surface area contributed by atoms with Gasteiger partial charge < -0.3 is 20.1 Å². The number of rotatable bonds is 6. The van der Waals surface area contributed by atoms with E-state index in [1.807, 2.05) is 27.7 Å². The number of nitrogens with one attached hydrogen (secondary N) is 2. The monoisotopic (exact) mass is 450 g/mol. The third kappa shape index (κ3) is 6.12. The molecule has 1 aromatic carbocycles. The second-order valence-electron chi connectivity index (χ2n) is 7.59. The largest absolute Gasteiger partial charge is 0.349 e. The van der Waals surface area contributed by atoms with Gasteiger partial charge in [0, 0.05) is 6.54 Å². The Balaban J connectivity index is 0.00000166. The summed E-state index contributed by atoms with van der Waals surface area (Å²) in [6.07, 6.45) is -0.258. The maximum Gasteiger partial charge on any atom is 0.254 e. The molecule has 1 aromatic heterocycles. The first-order valence-electron chi connectivity index (χ1n) is 10.3. The lowest BCUT2D eigenvalue weighted by Crippen LogP contribution is -2.34. The number of ether oxygens (including phenoxy) is 2. The fourth-order valence-corrected chi connectivity index (χ4v) is 4.33. The molecule has 8 heteroatoms. The zero-order chi connectivity index (χ0) is 23.3. The Hall–Kier alpha value is -2.29. The first-order valence-corrected chi connectivity index (χ1v) is 11.2. The molecule has 6 nitrogen and oxygen atoms in total. The molecule has 3 rings (SSSR count). The zero-order valence-electron chi connectivity index (χ0n) is 19.1. The molecule has 2 heterocycles. The summed E-state index contributed by atoms with van der Waals surface area (Å²) in [5.41, 5.74) is 1.94. The molecule has 0 bridgehead atoms. The minimum absolute atomic E-state index is 0.145. The van der Waals surface area contributed by atoms with E-state index in [1.165, 1.54) is 13.0 Å². The quantitative estimate of drug-likeness (QED) is 0.580. The number of anilines is 2. The van der Waals surface area contributed by atoms with Crippen molar-refractivity contribution in [1.29, 1.82) is 0 Å². The van der Waals surface area contributed by atoms with Crippen molar-refractivity contribution in [3.63, 3.8) is 0 Å². The number of aryl methyl sites for hydroxylation is 1. The van der Waals surface area contributed by atoms with Crippen LogP contribution in [0.3, 0.4) is 0 Å². The van der Waals surface area contributed by atoms with Crippen LogP contribution in [0.2, 0.25) is 0 Å². The standard InChI is InChI=1S/C21H25FN2O4S.C2H6/c1-11-6-7-16(15(22)8-11)24-20-17(12(2)18(29-20)13(3)25)19(26)23-9-14-10-27-21(4,5)28-14;1-2/h6-8,14,24H,9-10H2,1-5H3,(H,23,26);1-2H3. The van der Waals surface area contributed by atoms with Gasteiger partial charge in [0.1, 0.15) is 16.9 Å². The average molecular weight is 451 g/mol. The topological polar surface area (TPSA) is 76.7 Å². The molecule has 1 unspecified atom stereocenters. The summed E-state index contributed by atoms with van der Waals surface area (Å²) < 4.78 is 25.5. The van der Waals surface area contributed by atoms with Gasteiger partial charge in [-0.1, -0.05) is 19.9 Å². The Morgan fingerprint density at radius 1 is 1.26 bits per heavy atom. The molecule has 1 aliphatic heterocycles. The van der Waals surface area contributed by atoms with Gasteiger partial charge in [0.05, 0.1) is 22.7 Å². The molecular weight excluding hydrogens is 419 g/mol. The SMILES string of the molecule is CC.CC(=O)c1sc(Nc2ccc(C)cc2F)c(C(=O)NCC2COC(C)(C)O2)c1C. The Bertz CT molecular complexity index is 955. The Labute approximate surface area is 187 Å². The van der Waals surface area contributed by atoms with Crippen molar-refractivity contribution < 1.29 is 23.5 Å². The lowest BCUT2D eigenvalue weighted by Gasteiger charge is -2.17. The van der Waals surface area contributed by atoms with Crippen LogP contribution in [0.4, 0.5) is 15.1 Å². The van der Waals surface area contributed by atoms with Crippen molar-refractivity contribution in [2.45, 2.75) is 60.4 Å². The maximum absolute atomic E-state index is 14.3. The molecule has 1 saturated heterocycles. The van der Waals surface area contributed by atoms with Crippen molar-refractivity contribution in [2.75, 3.05) is 18.5 Å². The van der Waals surface area contributed by atoms with Crippen LogP contribution in [-0.2, 0) is 9.47 Å². The Morgan fingerprint density at radius 2 is 1.94 bits per heavy atom. The van der Waals surface area contributed by atoms with Gasteiger partial charge in [-0.2, -0.15) is 0 Å². The van der Waals surface area contributed by atoms with E-state index in [1.54, 1.807) is 26.0 Å². The summed E-state index contributed by atoms with van der Waals surface area (Å²) >= 11 is 1.14. The summed E-state index contributed by atoms with van der Waals surface area (Å²) in [6, 6.07) is 4.80. The van der Waals surface area contributed by atoms with Crippen LogP contribution in [0.15, 0.2) is 18.2 Å². The summed E-state index contributed by atoms with van der Waals surface area (Å²) in [5.74, 6) is -1.60. The molecule has 2 N–H and O–H groups in total. The lowest BCUT2D eigenvalue weighted by atomic mass is 10.1. The van der Waals surface area contributed by atoms with Crippen molar-refractivity contribution in [3.05, 3.63) is 45.6 Å². The number of hydrogen-bond acceptors (Lipinski definition) is 6. The van der Waals surface area contributed by atoms with Crippen LogP contribution in [0.25, 0.3) is 0 Å². The van der Waals surface area contributed by atoms with Crippen molar-refractivity contribution >= 4 is 33.7 Å². The van der Waals surface area contributed by atoms with Crippen LogP contribution in [0.5, 0.6) is 0 Å². The van der Waals surface area contributed by atoms with Gasteiger partial charge >= 0.3 is 0 Å². The van der Waals surface area contributed by atoms with Gasteiger partial charge in [0.15, 0.2) is 11.6 Å². The molecule has 1 atom stereocenters. The molecule has 0 aliphatic carbocycles. The number of thiophene rings is 1. The summed E-state index contributed by atoms with van der Waals surface area (Å²) in [7, 11) is 0. The number of hydrogen-bond donors (Lipinski definition) is 2. The van der Waals surface area contributed by atoms with E-state index < -0.39 is 11.6 Å². The van der Waals surface area contributed by atoms with Crippen LogP contribution < -0.4 is 10.6 Å². The van der Waals surface area contributed by atoms with Crippen molar-refractivity contribution in [2.24, 2.45) is 0 Å². The maximum atomic E-state index is 14.3. The average Bonchev–Trinajstić information content (AvgIpc) is 3.22. The molecule has 0 radical (unpaired) electrons. The van der Waals surface area contributed by atoms with Gasteiger partial charge in [-0.3, -0.25) is 9.59 Å². The highest BCUT2D eigenvalue weighted by Crippen LogP contribution is 2.36. The van der Waals surface area contributed by atoms with Crippen LogP contribution in [-0.4, -0.2) is 36.7 Å². The molecular formula is C23H31FN2O4S. The summed E-state index contributed by atoms with van der Waals surface area (Å²) in [6.45, 7) is 13.2. The van der Waals surface area contributed by atoms with E-state index in [0.717, 1.165) is 16.9 Å². The molecule has 0 saturated carbocycles.